The zero-order valence-corrected chi connectivity index (χ0v) is 28.0. The molecule has 4 heterocycles. The minimum absolute atomic E-state index is 0.590. The maximum Gasteiger partial charge on any atom is 0.238 e. The van der Waals surface area contributed by atoms with Crippen LogP contribution in [0.25, 0.3) is 98.2 Å². The standard InChI is InChI=1S/C45H27N5S/c1-3-14-28(15-4-1)43-46-44(29-16-5-2-6-17-29)48-45(47-43)50-35-23-11-8-20-33(35)41-37(50)27-26-36-40(41)32-19-7-10-22-34(32)49(36)38-24-13-21-31-30-18-9-12-25-39(30)51-42(31)38/h1-27H. The van der Waals surface area contributed by atoms with Crippen LogP contribution in [0.4, 0.5) is 0 Å². The van der Waals surface area contributed by atoms with Crippen molar-refractivity contribution in [3.8, 4) is 34.4 Å². The van der Waals surface area contributed by atoms with E-state index in [0.717, 1.165) is 27.5 Å². The summed E-state index contributed by atoms with van der Waals surface area (Å²) in [5.74, 6) is 1.87. The minimum atomic E-state index is 0.590. The molecule has 0 unspecified atom stereocenters. The second-order valence-corrected chi connectivity index (χ2v) is 13.9. The number of thiophene rings is 1. The fourth-order valence-corrected chi connectivity index (χ4v) is 9.01. The highest BCUT2D eigenvalue weighted by Crippen LogP contribution is 2.44. The van der Waals surface area contributed by atoms with Crippen LogP contribution < -0.4 is 0 Å². The molecule has 0 spiro atoms. The second-order valence-electron chi connectivity index (χ2n) is 12.8. The van der Waals surface area contributed by atoms with Gasteiger partial charge in [0.2, 0.25) is 5.95 Å². The van der Waals surface area contributed by atoms with E-state index in [2.05, 4.69) is 137 Å². The summed E-state index contributed by atoms with van der Waals surface area (Å²) in [6.07, 6.45) is 0. The Morgan fingerprint density at radius 3 is 1.53 bits per heavy atom. The van der Waals surface area contributed by atoms with E-state index in [1.807, 2.05) is 47.7 Å². The first-order valence-electron chi connectivity index (χ1n) is 17.0. The van der Waals surface area contributed by atoms with Gasteiger partial charge in [-0.05, 0) is 36.4 Å². The van der Waals surface area contributed by atoms with Crippen LogP contribution in [0.1, 0.15) is 0 Å². The van der Waals surface area contributed by atoms with Crippen LogP contribution in [0.3, 0.4) is 0 Å². The van der Waals surface area contributed by atoms with E-state index in [4.69, 9.17) is 15.0 Å². The lowest BCUT2D eigenvalue weighted by molar-refractivity contribution is 0.953. The third kappa shape index (κ3) is 4.17. The molecule has 6 heteroatoms. The molecule has 0 aliphatic carbocycles. The summed E-state index contributed by atoms with van der Waals surface area (Å²) in [5.41, 5.74) is 7.53. The van der Waals surface area contributed by atoms with Gasteiger partial charge in [0.05, 0.1) is 32.5 Å². The predicted octanol–water partition coefficient (Wildman–Crippen LogP) is 11.8. The van der Waals surface area contributed by atoms with Gasteiger partial charge in [-0.15, -0.1) is 11.3 Å². The quantitative estimate of drug-likeness (QED) is 0.187. The van der Waals surface area contributed by atoms with Gasteiger partial charge in [0.1, 0.15) is 0 Å². The van der Waals surface area contributed by atoms with Gasteiger partial charge in [0.25, 0.3) is 0 Å². The summed E-state index contributed by atoms with van der Waals surface area (Å²) in [6.45, 7) is 0. The van der Waals surface area contributed by atoms with Crippen molar-refractivity contribution in [2.75, 3.05) is 0 Å². The maximum atomic E-state index is 5.16. The van der Waals surface area contributed by atoms with Crippen molar-refractivity contribution >= 4 is 75.1 Å². The van der Waals surface area contributed by atoms with Crippen molar-refractivity contribution in [1.29, 1.82) is 0 Å². The lowest BCUT2D eigenvalue weighted by Gasteiger charge is -2.11. The van der Waals surface area contributed by atoms with Gasteiger partial charge in [0, 0.05) is 48.1 Å². The fraction of sp³-hybridized carbons (Fsp3) is 0. The maximum absolute atomic E-state index is 5.16. The number of hydrogen-bond donors (Lipinski definition) is 0. The summed E-state index contributed by atoms with van der Waals surface area (Å²) in [7, 11) is 0. The van der Waals surface area contributed by atoms with Gasteiger partial charge >= 0.3 is 0 Å². The van der Waals surface area contributed by atoms with E-state index < -0.39 is 0 Å². The summed E-state index contributed by atoms with van der Waals surface area (Å²) < 4.78 is 7.26. The average Bonchev–Trinajstić information content (AvgIpc) is 3.86. The molecular weight excluding hydrogens is 643 g/mol. The molecule has 11 rings (SSSR count). The number of para-hydroxylation sites is 2. The monoisotopic (exact) mass is 669 g/mol. The van der Waals surface area contributed by atoms with Gasteiger partial charge in [-0.1, -0.05) is 127 Å². The highest BCUT2D eigenvalue weighted by atomic mass is 32.1. The Bertz CT molecular complexity index is 3080. The van der Waals surface area contributed by atoms with Crippen LogP contribution in [-0.2, 0) is 0 Å². The Hall–Kier alpha value is -6.63. The number of nitrogens with zero attached hydrogens (tertiary/aromatic N) is 5. The molecule has 11 aromatic rings. The highest BCUT2D eigenvalue weighted by Gasteiger charge is 2.23. The molecule has 0 radical (unpaired) electrons. The number of benzene rings is 7. The van der Waals surface area contributed by atoms with E-state index in [1.54, 1.807) is 0 Å². The molecule has 0 saturated heterocycles. The average molecular weight is 670 g/mol. The van der Waals surface area contributed by atoms with Crippen molar-refractivity contribution in [3.05, 3.63) is 164 Å². The third-order valence-corrected chi connectivity index (χ3v) is 11.2. The Labute approximate surface area is 296 Å². The molecule has 0 amide bonds. The smallest absolute Gasteiger partial charge is 0.238 e. The van der Waals surface area contributed by atoms with E-state index >= 15 is 0 Å². The van der Waals surface area contributed by atoms with Crippen LogP contribution in [0, 0.1) is 0 Å². The van der Waals surface area contributed by atoms with E-state index in [9.17, 15) is 0 Å². The normalized spacial score (nSPS) is 11.9. The van der Waals surface area contributed by atoms with Gasteiger partial charge in [-0.3, -0.25) is 4.57 Å². The van der Waals surface area contributed by atoms with Crippen LogP contribution in [0.15, 0.2) is 164 Å². The molecule has 5 nitrogen and oxygen atoms in total. The molecule has 238 valence electrons. The predicted molar refractivity (Wildman–Crippen MR) is 212 cm³/mol. The number of fused-ring (bicyclic) bond motifs is 10. The molecule has 0 fully saturated rings. The number of rotatable bonds is 4. The van der Waals surface area contributed by atoms with E-state index in [0.29, 0.717) is 17.6 Å². The first-order valence-corrected chi connectivity index (χ1v) is 17.9. The fourth-order valence-electron chi connectivity index (χ4n) is 7.80. The van der Waals surface area contributed by atoms with Crippen molar-refractivity contribution < 1.29 is 0 Å². The zero-order chi connectivity index (χ0) is 33.5. The molecule has 0 N–H and O–H groups in total. The molecule has 0 atom stereocenters. The Morgan fingerprint density at radius 1 is 0.373 bits per heavy atom. The Kier molecular flexibility index (Phi) is 6.05. The minimum Gasteiger partial charge on any atom is -0.308 e. The van der Waals surface area contributed by atoms with Crippen LogP contribution in [0.2, 0.25) is 0 Å². The molecule has 7 aromatic carbocycles. The third-order valence-electron chi connectivity index (χ3n) is 9.98. The van der Waals surface area contributed by atoms with Crippen LogP contribution in [0.5, 0.6) is 0 Å². The van der Waals surface area contributed by atoms with Crippen molar-refractivity contribution in [2.24, 2.45) is 0 Å². The van der Waals surface area contributed by atoms with Crippen LogP contribution >= 0.6 is 11.3 Å². The van der Waals surface area contributed by atoms with E-state index in [-0.39, 0.29) is 0 Å². The molecule has 0 saturated carbocycles. The number of hydrogen-bond acceptors (Lipinski definition) is 4. The van der Waals surface area contributed by atoms with Gasteiger partial charge in [-0.2, -0.15) is 9.97 Å². The second kappa shape index (κ2) is 10.9. The highest BCUT2D eigenvalue weighted by molar-refractivity contribution is 7.26. The van der Waals surface area contributed by atoms with Crippen LogP contribution in [-0.4, -0.2) is 24.1 Å². The molecular formula is C45H27N5S. The summed E-state index contributed by atoms with van der Waals surface area (Å²) in [4.78, 5) is 15.3. The largest absolute Gasteiger partial charge is 0.308 e. The molecule has 0 aliphatic heterocycles. The molecule has 51 heavy (non-hydrogen) atoms. The van der Waals surface area contributed by atoms with Gasteiger partial charge < -0.3 is 4.57 Å². The SMILES string of the molecule is c1ccc(-c2nc(-c3ccccc3)nc(-n3c4ccccc4c4c5c6ccccc6n(-c6cccc7c6sc6ccccc67)c5ccc43)n2)cc1. The van der Waals surface area contributed by atoms with Gasteiger partial charge in [0.15, 0.2) is 11.6 Å². The van der Waals surface area contributed by atoms with Crippen molar-refractivity contribution in [2.45, 2.75) is 0 Å². The lowest BCUT2D eigenvalue weighted by atomic mass is 10.1. The lowest BCUT2D eigenvalue weighted by Crippen LogP contribution is -2.06. The summed E-state index contributed by atoms with van der Waals surface area (Å²) in [5, 5.41) is 7.36. The molecule has 0 bridgehead atoms. The Morgan fingerprint density at radius 2 is 0.882 bits per heavy atom. The van der Waals surface area contributed by atoms with Crippen molar-refractivity contribution in [1.82, 2.24) is 24.1 Å². The van der Waals surface area contributed by atoms with Gasteiger partial charge in [-0.25, -0.2) is 4.98 Å². The first-order chi connectivity index (χ1) is 25.3. The van der Waals surface area contributed by atoms with E-state index in [1.165, 1.54) is 53.1 Å². The molecule has 0 aliphatic rings. The summed E-state index contributed by atoms with van der Waals surface area (Å²) >= 11 is 1.86. The Balaban J connectivity index is 1.25. The molecule has 4 aromatic heterocycles. The van der Waals surface area contributed by atoms with Crippen molar-refractivity contribution in [3.63, 3.8) is 0 Å². The summed E-state index contributed by atoms with van der Waals surface area (Å²) in [6, 6.07) is 57.7. The first kappa shape index (κ1) is 28.2. The number of aromatic nitrogens is 5. The zero-order valence-electron chi connectivity index (χ0n) is 27.2. The topological polar surface area (TPSA) is 48.5 Å².